The molecule has 1 saturated heterocycles. The third-order valence-electron chi connectivity index (χ3n) is 6.32. The fourth-order valence-corrected chi connectivity index (χ4v) is 6.25. The van der Waals surface area contributed by atoms with Crippen LogP contribution in [0.2, 0.25) is 5.02 Å². The number of rotatable bonds is 7. The zero-order valence-corrected chi connectivity index (χ0v) is 21.0. The Morgan fingerprint density at radius 2 is 2.00 bits per heavy atom. The van der Waals surface area contributed by atoms with E-state index in [1.807, 2.05) is 30.1 Å². The summed E-state index contributed by atoms with van der Waals surface area (Å²) >= 11 is 7.69. The number of thiazole rings is 1. The molecule has 1 atom stereocenters. The first-order chi connectivity index (χ1) is 15.6. The normalized spacial score (nSPS) is 17.3. The average Bonchev–Trinajstić information content (AvgIpc) is 3.47. The van der Waals surface area contributed by atoms with Crippen molar-refractivity contribution in [2.24, 2.45) is 0 Å². The van der Waals surface area contributed by atoms with E-state index < -0.39 is 20.7 Å². The van der Waals surface area contributed by atoms with Crippen LogP contribution in [0.3, 0.4) is 0 Å². The highest BCUT2D eigenvalue weighted by molar-refractivity contribution is 7.92. The number of hydrogen-bond donors (Lipinski definition) is 1. The van der Waals surface area contributed by atoms with Crippen molar-refractivity contribution in [1.82, 2.24) is 9.88 Å². The highest BCUT2D eigenvalue weighted by atomic mass is 35.5. The molecule has 6 nitrogen and oxygen atoms in total. The van der Waals surface area contributed by atoms with Crippen molar-refractivity contribution >= 4 is 44.5 Å². The van der Waals surface area contributed by atoms with E-state index in [9.17, 15) is 12.8 Å². The van der Waals surface area contributed by atoms with Crippen LogP contribution in [-0.4, -0.2) is 44.5 Å². The first-order valence-electron chi connectivity index (χ1n) is 10.5. The van der Waals surface area contributed by atoms with Gasteiger partial charge in [-0.15, -0.1) is 11.3 Å². The molecule has 0 radical (unpaired) electrons. The molecule has 0 saturated carbocycles. The molecular weight excluding hydrogens is 483 g/mol. The van der Waals surface area contributed by atoms with Gasteiger partial charge < -0.3 is 4.90 Å². The molecule has 3 aromatic rings. The molecule has 0 bridgehead atoms. The maximum Gasteiger partial charge on any atom is 0.266 e. The molecule has 1 unspecified atom stereocenters. The zero-order chi connectivity index (χ0) is 23.8. The summed E-state index contributed by atoms with van der Waals surface area (Å²) < 4.78 is 42.5. The largest absolute Gasteiger partial charge is 0.369 e. The van der Waals surface area contributed by atoms with Crippen LogP contribution in [0.1, 0.15) is 25.8 Å². The minimum absolute atomic E-state index is 0.112. The van der Waals surface area contributed by atoms with Crippen molar-refractivity contribution in [3.63, 3.8) is 0 Å². The Morgan fingerprint density at radius 3 is 2.67 bits per heavy atom. The summed E-state index contributed by atoms with van der Waals surface area (Å²) in [6.45, 7) is 6.07. The summed E-state index contributed by atoms with van der Waals surface area (Å²) in [5.74, 6) is -0.716. The summed E-state index contributed by atoms with van der Waals surface area (Å²) in [7, 11) is -2.28. The molecule has 10 heteroatoms. The summed E-state index contributed by atoms with van der Waals surface area (Å²) in [6.07, 6.45) is 0.885. The summed E-state index contributed by atoms with van der Waals surface area (Å²) in [6, 6.07) is 12.8. The topological polar surface area (TPSA) is 65.5 Å². The van der Waals surface area contributed by atoms with Crippen LogP contribution in [0.15, 0.2) is 58.3 Å². The van der Waals surface area contributed by atoms with Gasteiger partial charge in [0, 0.05) is 43.2 Å². The average molecular weight is 509 g/mol. The van der Waals surface area contributed by atoms with Gasteiger partial charge in [0.05, 0.1) is 16.2 Å². The van der Waals surface area contributed by atoms with Crippen molar-refractivity contribution in [2.45, 2.75) is 36.7 Å². The lowest BCUT2D eigenvalue weighted by Crippen LogP contribution is -2.42. The van der Waals surface area contributed by atoms with Crippen LogP contribution in [0.4, 0.5) is 15.9 Å². The number of aromatic nitrogens is 1. The van der Waals surface area contributed by atoms with Gasteiger partial charge in [-0.1, -0.05) is 41.9 Å². The summed E-state index contributed by atoms with van der Waals surface area (Å²) in [4.78, 5) is 7.73. The van der Waals surface area contributed by atoms with Crippen LogP contribution < -0.4 is 9.62 Å². The summed E-state index contributed by atoms with van der Waals surface area (Å²) in [5, 5.41) is 1.71. The number of nitrogens with one attached hydrogen (secondary N) is 1. The second-order valence-corrected chi connectivity index (χ2v) is 11.4. The number of nitrogens with zero attached hydrogens (tertiary/aromatic N) is 3. The van der Waals surface area contributed by atoms with Gasteiger partial charge in [0.25, 0.3) is 10.0 Å². The lowest BCUT2D eigenvalue weighted by Gasteiger charge is -2.37. The first-order valence-corrected chi connectivity index (χ1v) is 13.3. The third kappa shape index (κ3) is 4.87. The van der Waals surface area contributed by atoms with Gasteiger partial charge in [0.2, 0.25) is 0 Å². The summed E-state index contributed by atoms with van der Waals surface area (Å²) in [5.41, 5.74) is 3.04. The third-order valence-corrected chi connectivity index (χ3v) is 8.58. The standard InChI is InChI=1S/C23H26ClFN4O2S2/c1-23(2,16-7-5-4-6-8-16)29-10-9-17(13-29)28(3)20-12-19(25)21(11-18(20)24)33(30,31)27-22-14-32-15-26-22/h4-8,11-12,14-15,17,27H,9-10,13H2,1-3H3. The smallest absolute Gasteiger partial charge is 0.266 e. The molecule has 1 aliphatic rings. The van der Waals surface area contributed by atoms with E-state index in [1.165, 1.54) is 33.9 Å². The van der Waals surface area contributed by atoms with E-state index in [-0.39, 0.29) is 22.4 Å². The Labute approximate surface area is 203 Å². The highest BCUT2D eigenvalue weighted by Gasteiger charge is 2.36. The van der Waals surface area contributed by atoms with Crippen LogP contribution in [0.25, 0.3) is 0 Å². The fraction of sp³-hybridized carbons (Fsp3) is 0.348. The van der Waals surface area contributed by atoms with Gasteiger partial charge in [-0.3, -0.25) is 9.62 Å². The monoisotopic (exact) mass is 508 g/mol. The molecule has 0 spiro atoms. The quantitative estimate of drug-likeness (QED) is 0.476. The predicted octanol–water partition coefficient (Wildman–Crippen LogP) is 5.18. The minimum Gasteiger partial charge on any atom is -0.369 e. The van der Waals surface area contributed by atoms with Crippen molar-refractivity contribution in [2.75, 3.05) is 29.8 Å². The van der Waals surface area contributed by atoms with Crippen molar-refractivity contribution in [3.05, 3.63) is 69.8 Å². The Morgan fingerprint density at radius 1 is 1.27 bits per heavy atom. The Balaban J connectivity index is 1.53. The van der Waals surface area contributed by atoms with Crippen molar-refractivity contribution < 1.29 is 12.8 Å². The Bertz CT molecular complexity index is 1220. The van der Waals surface area contributed by atoms with Gasteiger partial charge in [0.15, 0.2) is 5.82 Å². The maximum atomic E-state index is 15.0. The molecule has 1 fully saturated rings. The highest BCUT2D eigenvalue weighted by Crippen LogP contribution is 2.36. The number of benzene rings is 2. The van der Waals surface area contributed by atoms with Gasteiger partial charge in [0.1, 0.15) is 10.7 Å². The predicted molar refractivity (Wildman–Crippen MR) is 132 cm³/mol. The Hall–Kier alpha value is -2.20. The number of sulfonamides is 1. The number of anilines is 2. The van der Waals surface area contributed by atoms with Gasteiger partial charge >= 0.3 is 0 Å². The number of likely N-dealkylation sites (tertiary alicyclic amines) is 1. The number of likely N-dealkylation sites (N-methyl/N-ethyl adjacent to an activating group) is 1. The van der Waals surface area contributed by atoms with Crippen LogP contribution >= 0.6 is 22.9 Å². The van der Waals surface area contributed by atoms with Crippen LogP contribution in [-0.2, 0) is 15.6 Å². The van der Waals surface area contributed by atoms with Gasteiger partial charge in [-0.05, 0) is 31.9 Å². The van der Waals surface area contributed by atoms with E-state index in [4.69, 9.17) is 11.6 Å². The lowest BCUT2D eigenvalue weighted by molar-refractivity contribution is 0.153. The lowest BCUT2D eigenvalue weighted by atomic mass is 9.92. The van der Waals surface area contributed by atoms with E-state index in [0.717, 1.165) is 25.6 Å². The van der Waals surface area contributed by atoms with Crippen LogP contribution in [0.5, 0.6) is 0 Å². The second-order valence-electron chi connectivity index (χ2n) is 8.64. The second kappa shape index (κ2) is 9.21. The van der Waals surface area contributed by atoms with E-state index in [2.05, 4.69) is 40.6 Å². The van der Waals surface area contributed by atoms with Crippen molar-refractivity contribution in [1.29, 1.82) is 0 Å². The van der Waals surface area contributed by atoms with E-state index in [0.29, 0.717) is 5.69 Å². The van der Waals surface area contributed by atoms with Gasteiger partial charge in [-0.2, -0.15) is 0 Å². The van der Waals surface area contributed by atoms with E-state index >= 15 is 0 Å². The fourth-order valence-electron chi connectivity index (χ4n) is 4.24. The van der Waals surface area contributed by atoms with Crippen molar-refractivity contribution in [3.8, 4) is 0 Å². The molecule has 0 aliphatic carbocycles. The van der Waals surface area contributed by atoms with Gasteiger partial charge in [-0.25, -0.2) is 17.8 Å². The molecule has 2 aromatic carbocycles. The molecule has 1 aromatic heterocycles. The Kier molecular flexibility index (Phi) is 6.68. The maximum absolute atomic E-state index is 15.0. The SMILES string of the molecule is CN(c1cc(F)c(S(=O)(=O)Nc2cscn2)cc1Cl)C1CCN(C(C)(C)c2ccccc2)C1. The molecule has 33 heavy (non-hydrogen) atoms. The molecule has 1 N–H and O–H groups in total. The molecule has 4 rings (SSSR count). The molecule has 176 valence electrons. The zero-order valence-electron chi connectivity index (χ0n) is 18.6. The van der Waals surface area contributed by atoms with Crippen LogP contribution in [0, 0.1) is 5.82 Å². The number of hydrogen-bond acceptors (Lipinski definition) is 6. The molecular formula is C23H26ClFN4O2S2. The minimum atomic E-state index is -4.15. The molecule has 0 amide bonds. The molecule has 1 aliphatic heterocycles. The first kappa shape index (κ1) is 23.9. The van der Waals surface area contributed by atoms with E-state index in [1.54, 1.807) is 0 Å². The number of halogens is 2. The molecule has 2 heterocycles.